The maximum Gasteiger partial charge on any atom is 0.274 e. The smallest absolute Gasteiger partial charge is 0.274 e. The normalized spacial score (nSPS) is 10.3. The first-order chi connectivity index (χ1) is 12.5. The summed E-state index contributed by atoms with van der Waals surface area (Å²) in [6, 6.07) is 15.0. The van der Waals surface area contributed by atoms with E-state index in [1.807, 2.05) is 43.3 Å². The van der Waals surface area contributed by atoms with Gasteiger partial charge in [0.15, 0.2) is 0 Å². The van der Waals surface area contributed by atoms with Gasteiger partial charge in [-0.3, -0.25) is 4.79 Å². The average Bonchev–Trinajstić information content (AvgIpc) is 2.62. The molecule has 0 saturated heterocycles. The van der Waals surface area contributed by atoms with Crippen LogP contribution in [0, 0.1) is 5.82 Å². The Morgan fingerprint density at radius 1 is 1.00 bits per heavy atom. The predicted octanol–water partition coefficient (Wildman–Crippen LogP) is 3.68. The fraction of sp³-hybridized carbons (Fsp3) is 0.105. The van der Waals surface area contributed by atoms with Crippen LogP contribution in [-0.2, 0) is 0 Å². The highest BCUT2D eigenvalue weighted by Crippen LogP contribution is 2.18. The first-order valence-electron chi connectivity index (χ1n) is 7.94. The summed E-state index contributed by atoms with van der Waals surface area (Å²) in [4.78, 5) is 22.4. The van der Waals surface area contributed by atoms with Gasteiger partial charge in [-0.15, -0.1) is 0 Å². The molecule has 2 aromatic carbocycles. The number of hydrogen-bond acceptors (Lipinski definition) is 5. The van der Waals surface area contributed by atoms with E-state index in [1.165, 1.54) is 24.5 Å². The third-order valence-corrected chi connectivity index (χ3v) is 3.64. The summed E-state index contributed by atoms with van der Waals surface area (Å²) in [7, 11) is 3.89. The van der Waals surface area contributed by atoms with Crippen molar-refractivity contribution in [2.24, 2.45) is 0 Å². The molecule has 0 aliphatic rings. The van der Waals surface area contributed by atoms with Crippen LogP contribution in [-0.4, -0.2) is 30.0 Å². The average molecular weight is 351 g/mol. The number of nitrogens with zero attached hydrogens (tertiary/aromatic N) is 3. The largest absolute Gasteiger partial charge is 0.378 e. The lowest BCUT2D eigenvalue weighted by atomic mass is 10.2. The molecule has 132 valence electrons. The summed E-state index contributed by atoms with van der Waals surface area (Å²) in [6.45, 7) is 0. The third-order valence-electron chi connectivity index (χ3n) is 3.64. The van der Waals surface area contributed by atoms with Crippen LogP contribution in [0.2, 0.25) is 0 Å². The fourth-order valence-electron chi connectivity index (χ4n) is 2.30. The molecular formula is C19H18FN5O. The number of aromatic nitrogens is 2. The van der Waals surface area contributed by atoms with Crippen LogP contribution in [0.25, 0.3) is 0 Å². The Morgan fingerprint density at radius 3 is 2.46 bits per heavy atom. The van der Waals surface area contributed by atoms with Crippen LogP contribution in [0.1, 0.15) is 10.5 Å². The summed E-state index contributed by atoms with van der Waals surface area (Å²) in [6.07, 6.45) is 1.28. The van der Waals surface area contributed by atoms with Crippen molar-refractivity contribution in [2.75, 3.05) is 29.6 Å². The van der Waals surface area contributed by atoms with E-state index in [4.69, 9.17) is 0 Å². The van der Waals surface area contributed by atoms with Crippen molar-refractivity contribution in [1.82, 2.24) is 9.97 Å². The van der Waals surface area contributed by atoms with Crippen molar-refractivity contribution in [3.63, 3.8) is 0 Å². The summed E-state index contributed by atoms with van der Waals surface area (Å²) in [5.74, 6) is -0.311. The van der Waals surface area contributed by atoms with Crippen molar-refractivity contribution >= 4 is 28.8 Å². The summed E-state index contributed by atoms with van der Waals surface area (Å²) < 4.78 is 13.3. The number of benzene rings is 2. The Balaban J connectivity index is 1.71. The number of halogens is 1. The number of carbonyl (C=O) groups is 1. The van der Waals surface area contributed by atoms with Crippen LogP contribution < -0.4 is 15.5 Å². The third kappa shape index (κ3) is 4.32. The minimum Gasteiger partial charge on any atom is -0.378 e. The van der Waals surface area contributed by atoms with Crippen LogP contribution in [0.3, 0.4) is 0 Å². The number of carbonyl (C=O) groups excluding carboxylic acids is 1. The highest BCUT2D eigenvalue weighted by molar-refractivity contribution is 6.03. The molecule has 3 aromatic rings. The number of rotatable bonds is 5. The first kappa shape index (κ1) is 17.3. The van der Waals surface area contributed by atoms with E-state index < -0.39 is 0 Å². The molecule has 0 fully saturated rings. The molecule has 0 saturated carbocycles. The SMILES string of the molecule is CN(C)c1ccc(NC(=O)c2cc(Nc3cccc(F)c3)ncn2)cc1. The van der Waals surface area contributed by atoms with E-state index in [-0.39, 0.29) is 17.4 Å². The zero-order valence-electron chi connectivity index (χ0n) is 14.4. The van der Waals surface area contributed by atoms with Crippen molar-refractivity contribution in [2.45, 2.75) is 0 Å². The van der Waals surface area contributed by atoms with Gasteiger partial charge < -0.3 is 15.5 Å². The molecule has 0 unspecified atom stereocenters. The molecule has 1 amide bonds. The van der Waals surface area contributed by atoms with Gasteiger partial charge in [0.05, 0.1) is 0 Å². The topological polar surface area (TPSA) is 70.2 Å². The number of hydrogen-bond donors (Lipinski definition) is 2. The van der Waals surface area contributed by atoms with Crippen molar-refractivity contribution < 1.29 is 9.18 Å². The quantitative estimate of drug-likeness (QED) is 0.734. The molecule has 0 radical (unpaired) electrons. The van der Waals surface area contributed by atoms with Crippen LogP contribution in [0.5, 0.6) is 0 Å². The molecule has 3 rings (SSSR count). The van der Waals surface area contributed by atoms with E-state index in [2.05, 4.69) is 20.6 Å². The Morgan fingerprint density at radius 2 is 1.77 bits per heavy atom. The molecule has 0 aliphatic carbocycles. The highest BCUT2D eigenvalue weighted by Gasteiger charge is 2.10. The van der Waals surface area contributed by atoms with Gasteiger partial charge in [0.1, 0.15) is 23.7 Å². The van der Waals surface area contributed by atoms with Gasteiger partial charge in [-0.2, -0.15) is 0 Å². The Hall–Kier alpha value is -3.48. The summed E-state index contributed by atoms with van der Waals surface area (Å²) >= 11 is 0. The second-order valence-electron chi connectivity index (χ2n) is 5.82. The summed E-state index contributed by atoms with van der Waals surface area (Å²) in [5, 5.41) is 5.74. The molecule has 0 bridgehead atoms. The minimum absolute atomic E-state index is 0.204. The standard InChI is InChI=1S/C19H18FN5O/c1-25(2)16-8-6-14(7-9-16)24-19(26)17-11-18(22-12-21-17)23-15-5-3-4-13(20)10-15/h3-12H,1-2H3,(H,24,26)(H,21,22,23). The molecule has 0 aliphatic heterocycles. The Labute approximate surface area is 150 Å². The lowest BCUT2D eigenvalue weighted by Gasteiger charge is -2.13. The molecule has 7 heteroatoms. The number of anilines is 4. The molecule has 26 heavy (non-hydrogen) atoms. The molecule has 2 N–H and O–H groups in total. The van der Waals surface area contributed by atoms with Crippen molar-refractivity contribution in [3.8, 4) is 0 Å². The van der Waals surface area contributed by atoms with Crippen molar-refractivity contribution in [1.29, 1.82) is 0 Å². The molecule has 0 atom stereocenters. The lowest BCUT2D eigenvalue weighted by Crippen LogP contribution is -2.14. The minimum atomic E-state index is -0.358. The molecule has 6 nitrogen and oxygen atoms in total. The fourth-order valence-corrected chi connectivity index (χ4v) is 2.30. The lowest BCUT2D eigenvalue weighted by molar-refractivity contribution is 0.102. The van der Waals surface area contributed by atoms with E-state index in [0.29, 0.717) is 17.2 Å². The summed E-state index contributed by atoms with van der Waals surface area (Å²) in [5.41, 5.74) is 2.44. The second-order valence-corrected chi connectivity index (χ2v) is 5.82. The molecule has 1 aromatic heterocycles. The van der Waals surface area contributed by atoms with Gasteiger partial charge in [0, 0.05) is 37.2 Å². The van der Waals surface area contributed by atoms with E-state index >= 15 is 0 Å². The molecule has 1 heterocycles. The van der Waals surface area contributed by atoms with Gasteiger partial charge in [-0.1, -0.05) is 6.07 Å². The Bertz CT molecular complexity index is 912. The van der Waals surface area contributed by atoms with Gasteiger partial charge in [-0.05, 0) is 42.5 Å². The maximum atomic E-state index is 13.3. The van der Waals surface area contributed by atoms with Crippen LogP contribution >= 0.6 is 0 Å². The van der Waals surface area contributed by atoms with Crippen LogP contribution in [0.15, 0.2) is 60.9 Å². The van der Waals surface area contributed by atoms with Crippen molar-refractivity contribution in [3.05, 3.63) is 72.4 Å². The van der Waals surface area contributed by atoms with Crippen LogP contribution in [0.4, 0.5) is 27.3 Å². The predicted molar refractivity (Wildman–Crippen MR) is 100 cm³/mol. The zero-order chi connectivity index (χ0) is 18.5. The molecular weight excluding hydrogens is 333 g/mol. The van der Waals surface area contributed by atoms with Gasteiger partial charge in [0.2, 0.25) is 0 Å². The monoisotopic (exact) mass is 351 g/mol. The van der Waals surface area contributed by atoms with Gasteiger partial charge in [0.25, 0.3) is 5.91 Å². The number of amides is 1. The van der Waals surface area contributed by atoms with Gasteiger partial charge >= 0.3 is 0 Å². The highest BCUT2D eigenvalue weighted by atomic mass is 19.1. The second kappa shape index (κ2) is 7.60. The Kier molecular flexibility index (Phi) is 5.07. The van der Waals surface area contributed by atoms with E-state index in [0.717, 1.165) is 5.69 Å². The maximum absolute atomic E-state index is 13.3. The van der Waals surface area contributed by atoms with E-state index in [9.17, 15) is 9.18 Å². The zero-order valence-corrected chi connectivity index (χ0v) is 14.4. The van der Waals surface area contributed by atoms with E-state index in [1.54, 1.807) is 12.1 Å². The van der Waals surface area contributed by atoms with Gasteiger partial charge in [-0.25, -0.2) is 14.4 Å². The molecule has 0 spiro atoms. The first-order valence-corrected chi connectivity index (χ1v) is 7.94. The number of nitrogens with one attached hydrogen (secondary N) is 2.